The van der Waals surface area contributed by atoms with Gasteiger partial charge in [0, 0.05) is 0 Å². The van der Waals surface area contributed by atoms with Gasteiger partial charge in [-0.2, -0.15) is 0 Å². The number of rotatable bonds is 0. The molecule has 0 radical (unpaired) electrons. The second-order valence-corrected chi connectivity index (χ2v) is 3.61. The molecule has 0 aliphatic rings. The molecular formula is HOPS2. The molecule has 24 valence electrons. The smallest absolute Gasteiger partial charge is 0.274 e. The van der Waals surface area contributed by atoms with Crippen molar-refractivity contribution in [1.29, 1.82) is 0 Å². The van der Waals surface area contributed by atoms with Gasteiger partial charge in [-0.1, -0.05) is 4.57 Å². The third-order valence-corrected chi connectivity index (χ3v) is 0. The van der Waals surface area contributed by atoms with Gasteiger partial charge in [0.25, 0.3) is 6.20 Å². The van der Waals surface area contributed by atoms with Gasteiger partial charge in [-0.3, -0.25) is 0 Å². The summed E-state index contributed by atoms with van der Waals surface area (Å²) in [6, 6.07) is 0. The third kappa shape index (κ3) is 14.2. The molecule has 0 saturated carbocycles. The van der Waals surface area contributed by atoms with Crippen LogP contribution in [0.1, 0.15) is 0 Å². The van der Waals surface area contributed by atoms with Gasteiger partial charge in [-0.05, 0) is 0 Å². The van der Waals surface area contributed by atoms with E-state index in [9.17, 15) is 4.57 Å². The molecule has 4 heteroatoms. The van der Waals surface area contributed by atoms with E-state index in [0.29, 0.717) is 0 Å². The molecule has 0 heterocycles. The first-order chi connectivity index (χ1) is 1.73. The van der Waals surface area contributed by atoms with Crippen LogP contribution in [0.15, 0.2) is 0 Å². The second-order valence-electron chi connectivity index (χ2n) is 0.238. The van der Waals surface area contributed by atoms with Gasteiger partial charge in [0.1, 0.15) is 0 Å². The Balaban J connectivity index is 2.80. The van der Waals surface area contributed by atoms with Gasteiger partial charge in [-0.25, -0.2) is 0 Å². The van der Waals surface area contributed by atoms with E-state index in [0.717, 1.165) is 0 Å². The first-order valence-electron chi connectivity index (χ1n) is 0.565. The summed E-state index contributed by atoms with van der Waals surface area (Å²) in [6.07, 6.45) is -1.59. The van der Waals surface area contributed by atoms with Crippen LogP contribution >= 0.6 is 18.5 Å². The molecule has 0 aromatic heterocycles. The fourth-order valence-corrected chi connectivity index (χ4v) is 0. The largest absolute Gasteiger partial charge is 0.432 e. The van der Waals surface area contributed by atoms with Crippen LogP contribution < -0.4 is 0 Å². The molecule has 0 saturated heterocycles. The van der Waals surface area contributed by atoms with Crippen molar-refractivity contribution in [2.75, 3.05) is 0 Å². The molecule has 1 nitrogen and oxygen atoms in total. The van der Waals surface area contributed by atoms with Crippen LogP contribution in [0.3, 0.4) is 0 Å². The fourth-order valence-electron chi connectivity index (χ4n) is 0. The summed E-state index contributed by atoms with van der Waals surface area (Å²) in [5.41, 5.74) is 0. The van der Waals surface area contributed by atoms with Crippen LogP contribution in [0, 0.1) is 0 Å². The van der Waals surface area contributed by atoms with Crippen LogP contribution in [-0.4, -0.2) is 0 Å². The van der Waals surface area contributed by atoms with Crippen molar-refractivity contribution in [3.63, 3.8) is 0 Å². The molecule has 0 aliphatic carbocycles. The number of hydrogen-bond donors (Lipinski definition) is 1. The van der Waals surface area contributed by atoms with E-state index in [1.165, 1.54) is 0 Å². The summed E-state index contributed by atoms with van der Waals surface area (Å²) in [6.45, 7) is 0. The average molecular weight is 112 g/mol. The second kappa shape index (κ2) is 2.06. The molecule has 4 heavy (non-hydrogen) atoms. The molecule has 1 atom stereocenters. The van der Waals surface area contributed by atoms with Crippen LogP contribution in [0.2, 0.25) is 0 Å². The zero-order valence-electron chi connectivity index (χ0n) is 1.71. The monoisotopic (exact) mass is 112 g/mol. The van der Waals surface area contributed by atoms with Gasteiger partial charge in [-0.15, -0.1) is 0 Å². The normalized spacial score (nSPS) is 11.0. The van der Waals surface area contributed by atoms with E-state index in [1.807, 2.05) is 0 Å². The van der Waals surface area contributed by atoms with Crippen molar-refractivity contribution in [1.82, 2.24) is 0 Å². The van der Waals surface area contributed by atoms with Gasteiger partial charge < -0.3 is 12.2 Å². The van der Waals surface area contributed by atoms with Gasteiger partial charge in [0.2, 0.25) is 0 Å². The summed E-state index contributed by atoms with van der Waals surface area (Å²) in [4.78, 5) is 0. The topological polar surface area (TPSA) is 17.1 Å². The van der Waals surface area contributed by atoms with E-state index in [4.69, 9.17) is 0 Å². The summed E-state index contributed by atoms with van der Waals surface area (Å²) < 4.78 is 9.27. The number of thiol groups is 1. The molecule has 0 N–H and O–H groups in total. The van der Waals surface area contributed by atoms with Crippen LogP contribution in [0.5, 0.6) is 0 Å². The molecular weight excluding hydrogens is 111 g/mol. The van der Waals surface area contributed by atoms with Crippen molar-refractivity contribution in [2.24, 2.45) is 0 Å². The lowest BCUT2D eigenvalue weighted by Crippen LogP contribution is -1.11. The highest BCUT2D eigenvalue weighted by Crippen LogP contribution is 2.19. The molecule has 0 aromatic carbocycles. The Morgan fingerprint density at radius 2 is 2.00 bits per heavy atom. The predicted octanol–water partition coefficient (Wildman–Crippen LogP) is 1.12. The molecule has 0 amide bonds. The first-order valence-corrected chi connectivity index (χ1v) is 3.99. The SMILES string of the molecule is O=[P+]([S-])S. The molecule has 0 fully saturated rings. The minimum atomic E-state index is -1.59. The first kappa shape index (κ1) is 4.80. The Labute approximate surface area is 35.9 Å². The maximum Gasteiger partial charge on any atom is 0.274 e. The van der Waals surface area contributed by atoms with Crippen molar-refractivity contribution in [3.8, 4) is 0 Å². The van der Waals surface area contributed by atoms with Crippen molar-refractivity contribution >= 4 is 30.7 Å². The van der Waals surface area contributed by atoms with E-state index < -0.39 is 6.20 Å². The Morgan fingerprint density at radius 3 is 2.00 bits per heavy atom. The minimum Gasteiger partial charge on any atom is -0.432 e. The van der Waals surface area contributed by atoms with Crippen LogP contribution in [0.4, 0.5) is 0 Å². The highest BCUT2D eigenvalue weighted by molar-refractivity contribution is 8.67. The maximum absolute atomic E-state index is 9.27. The minimum absolute atomic E-state index is 1.59. The van der Waals surface area contributed by atoms with Gasteiger partial charge in [0.15, 0.2) is 0 Å². The Hall–Kier alpha value is 0.800. The molecule has 0 aliphatic heterocycles. The quantitative estimate of drug-likeness (QED) is 0.287. The summed E-state index contributed by atoms with van der Waals surface area (Å²) in [7, 11) is 0. The Morgan fingerprint density at radius 1 is 2.00 bits per heavy atom. The van der Waals surface area contributed by atoms with E-state index in [-0.39, 0.29) is 0 Å². The fraction of sp³-hybridized carbons (Fsp3) is 0. The van der Waals surface area contributed by atoms with E-state index in [2.05, 4.69) is 24.5 Å². The summed E-state index contributed by atoms with van der Waals surface area (Å²) >= 11 is 7.28. The predicted molar refractivity (Wildman–Crippen MR) is 24.0 cm³/mol. The highest BCUT2D eigenvalue weighted by atomic mass is 33.0. The zero-order valence-corrected chi connectivity index (χ0v) is 4.32. The Bertz CT molecular complexity index is 29.0. The van der Waals surface area contributed by atoms with E-state index in [1.54, 1.807) is 0 Å². The highest BCUT2D eigenvalue weighted by Gasteiger charge is 1.67. The van der Waals surface area contributed by atoms with Crippen LogP contribution in [-0.2, 0) is 16.8 Å². The molecule has 1 unspecified atom stereocenters. The lowest BCUT2D eigenvalue weighted by atomic mass is 16.0. The summed E-state index contributed by atoms with van der Waals surface area (Å²) in [5.74, 6) is 0. The van der Waals surface area contributed by atoms with Crippen LogP contribution in [0.25, 0.3) is 0 Å². The maximum atomic E-state index is 9.27. The third-order valence-electron chi connectivity index (χ3n) is 0. The molecule has 0 rings (SSSR count). The molecule has 0 spiro atoms. The summed E-state index contributed by atoms with van der Waals surface area (Å²) in [5, 5.41) is 0. The van der Waals surface area contributed by atoms with E-state index >= 15 is 0 Å². The zero-order chi connectivity index (χ0) is 3.58. The Kier molecular flexibility index (Phi) is 2.48. The lowest BCUT2D eigenvalue weighted by molar-refractivity contribution is 0.604. The van der Waals surface area contributed by atoms with Crippen molar-refractivity contribution in [3.05, 3.63) is 0 Å². The average Bonchev–Trinajstić information content (AvgIpc) is 0.811. The van der Waals surface area contributed by atoms with Crippen molar-refractivity contribution < 1.29 is 4.57 Å². The standard InChI is InChI=1S/HOPS2/c1-2(3)4/h(H,1,3,4). The number of hydrogen-bond acceptors (Lipinski definition) is 2. The molecule has 0 aromatic rings. The van der Waals surface area contributed by atoms with Gasteiger partial charge in [0.05, 0.1) is 12.2 Å². The lowest BCUT2D eigenvalue weighted by Gasteiger charge is -1.56. The molecule has 0 bridgehead atoms. The van der Waals surface area contributed by atoms with Gasteiger partial charge >= 0.3 is 0 Å². The van der Waals surface area contributed by atoms with Crippen molar-refractivity contribution in [2.45, 2.75) is 0 Å².